The molecule has 5 rings (SSSR count). The second-order valence-electron chi connectivity index (χ2n) is 10.0. The highest BCUT2D eigenvalue weighted by atomic mass is 35.5. The summed E-state index contributed by atoms with van der Waals surface area (Å²) in [6, 6.07) is 17.5. The summed E-state index contributed by atoms with van der Waals surface area (Å²) in [6.07, 6.45) is 2.09. The molecule has 1 unspecified atom stereocenters. The van der Waals surface area contributed by atoms with Crippen molar-refractivity contribution in [3.63, 3.8) is 0 Å². The van der Waals surface area contributed by atoms with Crippen LogP contribution in [0.25, 0.3) is 0 Å². The molecule has 3 aromatic carbocycles. The number of benzene rings is 3. The van der Waals surface area contributed by atoms with Gasteiger partial charge in [-0.2, -0.15) is 0 Å². The zero-order valence-electron chi connectivity index (χ0n) is 20.9. The number of aromatic hydroxyl groups is 1. The lowest BCUT2D eigenvalue weighted by atomic mass is 9.87. The Morgan fingerprint density at radius 2 is 1.94 bits per heavy atom. The molecule has 190 valence electrons. The number of halogens is 1. The SMILES string of the molecule is Cc1cc(OCP2(=O)OCC[C@@H](c3cccc(Cl)c3)O2)cc2c1[C@@H](c1ccc(O)c(C(C)C)c1)CC2. The molecule has 1 N–H and O–H groups in total. The van der Waals surface area contributed by atoms with E-state index in [-0.39, 0.29) is 24.3 Å². The molecule has 7 heteroatoms. The normalized spacial score (nSPS) is 23.6. The Hall–Kier alpha value is -2.30. The highest BCUT2D eigenvalue weighted by molar-refractivity contribution is 7.53. The highest BCUT2D eigenvalue weighted by Gasteiger charge is 2.36. The molecule has 0 amide bonds. The van der Waals surface area contributed by atoms with Crippen molar-refractivity contribution in [1.29, 1.82) is 0 Å². The number of ether oxygens (including phenoxy) is 1. The molecular formula is C29H32ClO5P. The van der Waals surface area contributed by atoms with Crippen LogP contribution in [0.5, 0.6) is 11.5 Å². The van der Waals surface area contributed by atoms with Gasteiger partial charge < -0.3 is 14.4 Å². The van der Waals surface area contributed by atoms with Crippen LogP contribution in [0, 0.1) is 6.92 Å². The van der Waals surface area contributed by atoms with E-state index in [2.05, 4.69) is 32.9 Å². The van der Waals surface area contributed by atoms with Gasteiger partial charge in [-0.3, -0.25) is 9.09 Å². The molecule has 0 bridgehead atoms. The zero-order chi connectivity index (χ0) is 25.4. The van der Waals surface area contributed by atoms with E-state index in [0.29, 0.717) is 29.5 Å². The average molecular weight is 527 g/mol. The summed E-state index contributed by atoms with van der Waals surface area (Å²) in [6.45, 7) is 6.63. The van der Waals surface area contributed by atoms with Gasteiger partial charge in [0.1, 0.15) is 11.5 Å². The third-order valence-electron chi connectivity index (χ3n) is 7.14. The summed E-state index contributed by atoms with van der Waals surface area (Å²) < 4.78 is 30.8. The van der Waals surface area contributed by atoms with Crippen LogP contribution >= 0.6 is 19.2 Å². The number of hydrogen-bond donors (Lipinski definition) is 1. The molecule has 3 atom stereocenters. The molecule has 3 aromatic rings. The van der Waals surface area contributed by atoms with E-state index in [4.69, 9.17) is 25.4 Å². The molecule has 1 fully saturated rings. The van der Waals surface area contributed by atoms with E-state index in [9.17, 15) is 9.67 Å². The van der Waals surface area contributed by atoms with Gasteiger partial charge in [0.05, 0.1) is 12.7 Å². The maximum atomic E-state index is 13.3. The Morgan fingerprint density at radius 3 is 2.72 bits per heavy atom. The fourth-order valence-electron chi connectivity index (χ4n) is 5.39. The molecule has 36 heavy (non-hydrogen) atoms. The maximum Gasteiger partial charge on any atom is 0.368 e. The van der Waals surface area contributed by atoms with Crippen LogP contribution in [-0.2, 0) is 20.0 Å². The number of rotatable bonds is 6. The van der Waals surface area contributed by atoms with Crippen LogP contribution in [0.3, 0.4) is 0 Å². The van der Waals surface area contributed by atoms with Crippen molar-refractivity contribution < 1.29 is 23.5 Å². The molecule has 0 radical (unpaired) electrons. The fraction of sp³-hybridized carbons (Fsp3) is 0.379. The summed E-state index contributed by atoms with van der Waals surface area (Å²) in [5.41, 5.74) is 6.81. The molecule has 1 aliphatic carbocycles. The predicted molar refractivity (Wildman–Crippen MR) is 142 cm³/mol. The molecule has 0 aromatic heterocycles. The number of hydrogen-bond acceptors (Lipinski definition) is 5. The van der Waals surface area contributed by atoms with Crippen LogP contribution in [-0.4, -0.2) is 18.1 Å². The van der Waals surface area contributed by atoms with Crippen LogP contribution in [0.15, 0.2) is 54.6 Å². The minimum atomic E-state index is -3.42. The van der Waals surface area contributed by atoms with Crippen LogP contribution < -0.4 is 4.74 Å². The number of phenols is 1. The van der Waals surface area contributed by atoms with Crippen LogP contribution in [0.1, 0.15) is 78.0 Å². The third-order valence-corrected chi connectivity index (χ3v) is 8.97. The van der Waals surface area contributed by atoms with Crippen LogP contribution in [0.4, 0.5) is 0 Å². The minimum absolute atomic E-state index is 0.137. The van der Waals surface area contributed by atoms with Crippen molar-refractivity contribution in [3.8, 4) is 11.5 Å². The van der Waals surface area contributed by atoms with Crippen molar-refractivity contribution in [2.75, 3.05) is 13.0 Å². The van der Waals surface area contributed by atoms with Crippen molar-refractivity contribution in [2.24, 2.45) is 0 Å². The van der Waals surface area contributed by atoms with Crippen LogP contribution in [0.2, 0.25) is 5.02 Å². The van der Waals surface area contributed by atoms with E-state index in [1.165, 1.54) is 16.7 Å². The van der Waals surface area contributed by atoms with E-state index < -0.39 is 7.60 Å². The van der Waals surface area contributed by atoms with Gasteiger partial charge in [-0.25, -0.2) is 0 Å². The largest absolute Gasteiger partial charge is 0.508 e. The maximum absolute atomic E-state index is 13.3. The van der Waals surface area contributed by atoms with Gasteiger partial charge in [-0.15, -0.1) is 0 Å². The first-order valence-electron chi connectivity index (χ1n) is 12.5. The van der Waals surface area contributed by atoms with E-state index >= 15 is 0 Å². The van der Waals surface area contributed by atoms with Crippen molar-refractivity contribution in [1.82, 2.24) is 0 Å². The van der Waals surface area contributed by atoms with E-state index in [1.54, 1.807) is 6.07 Å². The van der Waals surface area contributed by atoms with Gasteiger partial charge in [-0.1, -0.05) is 49.7 Å². The third kappa shape index (κ3) is 5.21. The van der Waals surface area contributed by atoms with Gasteiger partial charge in [-0.05, 0) is 89.4 Å². The summed E-state index contributed by atoms with van der Waals surface area (Å²) in [5, 5.41) is 10.9. The molecule has 1 heterocycles. The number of fused-ring (bicyclic) bond motifs is 1. The molecule has 1 aliphatic heterocycles. The second kappa shape index (κ2) is 10.2. The summed E-state index contributed by atoms with van der Waals surface area (Å²) in [4.78, 5) is 0. The van der Waals surface area contributed by atoms with Crippen molar-refractivity contribution >= 4 is 19.2 Å². The predicted octanol–water partition coefficient (Wildman–Crippen LogP) is 8.26. The average Bonchev–Trinajstić information content (AvgIpc) is 3.28. The molecular weight excluding hydrogens is 495 g/mol. The summed E-state index contributed by atoms with van der Waals surface area (Å²) in [7, 11) is -3.42. The Labute approximate surface area is 217 Å². The molecule has 0 saturated carbocycles. The van der Waals surface area contributed by atoms with Gasteiger partial charge in [0.15, 0.2) is 6.35 Å². The highest BCUT2D eigenvalue weighted by Crippen LogP contribution is 2.56. The van der Waals surface area contributed by atoms with Gasteiger partial charge >= 0.3 is 7.60 Å². The van der Waals surface area contributed by atoms with Gasteiger partial charge in [0.25, 0.3) is 0 Å². The van der Waals surface area contributed by atoms with E-state index in [1.807, 2.05) is 36.4 Å². The van der Waals surface area contributed by atoms with E-state index in [0.717, 1.165) is 29.5 Å². The molecule has 5 nitrogen and oxygen atoms in total. The Morgan fingerprint density at radius 1 is 1.11 bits per heavy atom. The summed E-state index contributed by atoms with van der Waals surface area (Å²) >= 11 is 6.12. The number of aryl methyl sites for hydroxylation is 2. The smallest absolute Gasteiger partial charge is 0.368 e. The fourth-order valence-corrected chi connectivity index (χ4v) is 7.09. The first kappa shape index (κ1) is 25.4. The van der Waals surface area contributed by atoms with Gasteiger partial charge in [0, 0.05) is 17.4 Å². The lowest BCUT2D eigenvalue weighted by Crippen LogP contribution is -2.17. The van der Waals surface area contributed by atoms with Crippen molar-refractivity contribution in [3.05, 3.63) is 93.0 Å². The monoisotopic (exact) mass is 526 g/mol. The van der Waals surface area contributed by atoms with Crippen molar-refractivity contribution in [2.45, 2.75) is 58.0 Å². The minimum Gasteiger partial charge on any atom is -0.508 e. The Bertz CT molecular complexity index is 1320. The molecule has 0 spiro atoms. The Kier molecular flexibility index (Phi) is 7.20. The lowest BCUT2D eigenvalue weighted by Gasteiger charge is -2.30. The topological polar surface area (TPSA) is 65.0 Å². The first-order valence-corrected chi connectivity index (χ1v) is 14.6. The van der Waals surface area contributed by atoms with Gasteiger partial charge in [0.2, 0.25) is 0 Å². The Balaban J connectivity index is 1.31. The summed E-state index contributed by atoms with van der Waals surface area (Å²) in [5.74, 6) is 1.57. The second-order valence-corrected chi connectivity index (χ2v) is 12.4. The standard InChI is InChI=1S/C29H32ClO5P/c1-18(2)26-16-20(8-10-27(26)31)25-9-7-22-15-24(13-19(3)29(22)25)33-17-36(32)34-12-11-28(35-36)21-5-4-6-23(30)14-21/h4-6,8,10,13-16,18,25,28,31H,7,9,11-12,17H2,1-3H3/t25-,28+,36?/m1/s1. The lowest BCUT2D eigenvalue weighted by molar-refractivity contribution is 0.0725. The first-order chi connectivity index (χ1) is 17.2. The number of phenolic OH excluding ortho intramolecular Hbond substituents is 1. The quantitative estimate of drug-likeness (QED) is 0.327. The zero-order valence-corrected chi connectivity index (χ0v) is 22.5. The molecule has 1 saturated heterocycles. The molecule has 2 aliphatic rings.